The van der Waals surface area contributed by atoms with Gasteiger partial charge in [0.05, 0.1) is 17.6 Å². The SMILES string of the molecule is Cc1c(CC(=O)O)c(-c2ccc(Cl)cc2)c2cc(C)n3c2c1N(C)CCC3. The van der Waals surface area contributed by atoms with Crippen LogP contribution in [0.3, 0.4) is 0 Å². The molecule has 140 valence electrons. The first kappa shape index (κ1) is 17.9. The van der Waals surface area contributed by atoms with Gasteiger partial charge >= 0.3 is 5.97 Å². The molecule has 0 amide bonds. The zero-order valence-corrected chi connectivity index (χ0v) is 16.6. The lowest BCUT2D eigenvalue weighted by Gasteiger charge is -2.24. The molecule has 27 heavy (non-hydrogen) atoms. The lowest BCUT2D eigenvalue weighted by Crippen LogP contribution is -2.20. The number of carbonyl (C=O) groups is 1. The second kappa shape index (κ2) is 6.61. The molecule has 2 heterocycles. The fourth-order valence-corrected chi connectivity index (χ4v) is 4.57. The molecule has 0 unspecified atom stereocenters. The van der Waals surface area contributed by atoms with Crippen LogP contribution in [-0.2, 0) is 17.8 Å². The number of hydrogen-bond donors (Lipinski definition) is 1. The molecule has 0 saturated carbocycles. The number of rotatable bonds is 3. The molecule has 1 aromatic heterocycles. The van der Waals surface area contributed by atoms with Crippen LogP contribution in [0.2, 0.25) is 5.02 Å². The van der Waals surface area contributed by atoms with Gasteiger partial charge in [-0.25, -0.2) is 0 Å². The molecule has 3 aromatic rings. The van der Waals surface area contributed by atoms with Crippen molar-refractivity contribution in [1.29, 1.82) is 0 Å². The monoisotopic (exact) mass is 382 g/mol. The third kappa shape index (κ3) is 2.88. The first-order valence-electron chi connectivity index (χ1n) is 9.22. The quantitative estimate of drug-likeness (QED) is 0.689. The number of benzene rings is 2. The Labute approximate surface area is 164 Å². The third-order valence-electron chi connectivity index (χ3n) is 5.63. The van der Waals surface area contributed by atoms with Gasteiger partial charge in [-0.3, -0.25) is 4.79 Å². The van der Waals surface area contributed by atoms with Crippen molar-refractivity contribution >= 4 is 34.2 Å². The van der Waals surface area contributed by atoms with Crippen LogP contribution in [0.1, 0.15) is 23.2 Å². The highest BCUT2D eigenvalue weighted by Crippen LogP contribution is 2.44. The number of nitrogens with zero attached hydrogens (tertiary/aromatic N) is 2. The summed E-state index contributed by atoms with van der Waals surface area (Å²) < 4.78 is 2.38. The first-order chi connectivity index (χ1) is 12.9. The van der Waals surface area contributed by atoms with Crippen molar-refractivity contribution in [3.63, 3.8) is 0 Å². The van der Waals surface area contributed by atoms with Crippen molar-refractivity contribution in [2.24, 2.45) is 0 Å². The van der Waals surface area contributed by atoms with Gasteiger partial charge in [0.15, 0.2) is 0 Å². The Hall–Kier alpha value is -2.46. The minimum Gasteiger partial charge on any atom is -0.481 e. The van der Waals surface area contributed by atoms with Crippen LogP contribution in [0.25, 0.3) is 22.0 Å². The van der Waals surface area contributed by atoms with Gasteiger partial charge in [0, 0.05) is 36.2 Å². The molecule has 0 saturated heterocycles. The summed E-state index contributed by atoms with van der Waals surface area (Å²) in [7, 11) is 2.10. The summed E-state index contributed by atoms with van der Waals surface area (Å²) >= 11 is 6.09. The highest BCUT2D eigenvalue weighted by molar-refractivity contribution is 6.30. The van der Waals surface area contributed by atoms with Gasteiger partial charge < -0.3 is 14.6 Å². The number of hydrogen-bond acceptors (Lipinski definition) is 2. The Morgan fingerprint density at radius 1 is 1.19 bits per heavy atom. The van der Waals surface area contributed by atoms with Gasteiger partial charge in [-0.15, -0.1) is 0 Å². The summed E-state index contributed by atoms with van der Waals surface area (Å²) in [5, 5.41) is 11.4. The molecular formula is C22H23ClN2O2. The molecule has 1 aliphatic rings. The van der Waals surface area contributed by atoms with E-state index in [0.29, 0.717) is 5.02 Å². The Morgan fingerprint density at radius 3 is 2.56 bits per heavy atom. The van der Waals surface area contributed by atoms with Gasteiger partial charge in [0.25, 0.3) is 0 Å². The van der Waals surface area contributed by atoms with E-state index in [1.807, 2.05) is 24.3 Å². The van der Waals surface area contributed by atoms with E-state index in [9.17, 15) is 9.90 Å². The zero-order chi connectivity index (χ0) is 19.3. The first-order valence-corrected chi connectivity index (χ1v) is 9.60. The minimum absolute atomic E-state index is 0.00476. The molecule has 5 heteroatoms. The van der Waals surface area contributed by atoms with E-state index >= 15 is 0 Å². The lowest BCUT2D eigenvalue weighted by molar-refractivity contribution is -0.136. The maximum atomic E-state index is 11.7. The normalized spacial score (nSPS) is 13.9. The van der Waals surface area contributed by atoms with Gasteiger partial charge in [-0.05, 0) is 60.7 Å². The highest BCUT2D eigenvalue weighted by atomic mass is 35.5. The Kier molecular flexibility index (Phi) is 4.39. The maximum absolute atomic E-state index is 11.7. The Bertz CT molecular complexity index is 1050. The van der Waals surface area contributed by atoms with Crippen LogP contribution in [0.15, 0.2) is 30.3 Å². The van der Waals surface area contributed by atoms with Crippen molar-refractivity contribution in [3.05, 3.63) is 52.2 Å². The van der Waals surface area contributed by atoms with Crippen molar-refractivity contribution in [3.8, 4) is 11.1 Å². The molecule has 0 atom stereocenters. The summed E-state index contributed by atoms with van der Waals surface area (Å²) in [5.74, 6) is -0.813. The standard InChI is InChI=1S/C22H23ClN2O2/c1-13-11-18-20(15-5-7-16(23)8-6-15)17(12-19(26)27)14(2)21-22(18)25(13)10-4-9-24(21)3/h5-8,11H,4,9-10,12H2,1-3H3,(H,26,27). The average Bonchev–Trinajstić information content (AvgIpc) is 2.81. The predicted octanol–water partition coefficient (Wildman–Crippen LogP) is 5.05. The summed E-state index contributed by atoms with van der Waals surface area (Å²) in [4.78, 5) is 14.0. The number of aromatic nitrogens is 1. The molecule has 0 bridgehead atoms. The highest BCUT2D eigenvalue weighted by Gasteiger charge is 2.26. The summed E-state index contributed by atoms with van der Waals surface area (Å²) in [5.41, 5.74) is 7.55. The summed E-state index contributed by atoms with van der Waals surface area (Å²) in [6.45, 7) is 6.13. The summed E-state index contributed by atoms with van der Waals surface area (Å²) in [6.07, 6.45) is 1.07. The lowest BCUT2D eigenvalue weighted by atomic mass is 9.89. The fraction of sp³-hybridized carbons (Fsp3) is 0.318. The molecule has 0 fully saturated rings. The maximum Gasteiger partial charge on any atom is 0.307 e. The van der Waals surface area contributed by atoms with Gasteiger partial charge in [0.2, 0.25) is 0 Å². The van der Waals surface area contributed by atoms with E-state index < -0.39 is 5.97 Å². The van der Waals surface area contributed by atoms with Gasteiger partial charge in [-0.1, -0.05) is 23.7 Å². The van der Waals surface area contributed by atoms with Crippen LogP contribution in [0.4, 0.5) is 5.69 Å². The van der Waals surface area contributed by atoms with Crippen molar-refractivity contribution in [2.75, 3.05) is 18.5 Å². The molecule has 1 aliphatic heterocycles. The number of aliphatic carboxylic acids is 1. The van der Waals surface area contributed by atoms with Crippen molar-refractivity contribution in [1.82, 2.24) is 4.57 Å². The largest absolute Gasteiger partial charge is 0.481 e. The fourth-order valence-electron chi connectivity index (χ4n) is 4.44. The number of aryl methyl sites for hydroxylation is 2. The van der Waals surface area contributed by atoms with E-state index in [4.69, 9.17) is 11.6 Å². The molecule has 2 aromatic carbocycles. The van der Waals surface area contributed by atoms with Crippen molar-refractivity contribution < 1.29 is 9.90 Å². The number of carboxylic acids is 1. The molecule has 4 nitrogen and oxygen atoms in total. The van der Waals surface area contributed by atoms with Crippen LogP contribution in [-0.4, -0.2) is 29.2 Å². The smallest absolute Gasteiger partial charge is 0.307 e. The second-order valence-corrected chi connectivity index (χ2v) is 7.82. The zero-order valence-electron chi connectivity index (χ0n) is 15.8. The molecule has 1 N–H and O–H groups in total. The predicted molar refractivity (Wildman–Crippen MR) is 111 cm³/mol. The number of anilines is 1. The van der Waals surface area contributed by atoms with E-state index in [-0.39, 0.29) is 6.42 Å². The number of halogens is 1. The minimum atomic E-state index is -0.813. The van der Waals surface area contributed by atoms with E-state index in [2.05, 4.69) is 36.4 Å². The van der Waals surface area contributed by atoms with Gasteiger partial charge in [0.1, 0.15) is 0 Å². The number of carboxylic acid groups (broad SMARTS) is 1. The molecule has 4 rings (SSSR count). The summed E-state index contributed by atoms with van der Waals surface area (Å²) in [6, 6.07) is 9.90. The second-order valence-electron chi connectivity index (χ2n) is 7.38. The third-order valence-corrected chi connectivity index (χ3v) is 5.88. The molecule has 0 spiro atoms. The van der Waals surface area contributed by atoms with Gasteiger partial charge in [-0.2, -0.15) is 0 Å². The van der Waals surface area contributed by atoms with E-state index in [1.165, 1.54) is 11.2 Å². The van der Waals surface area contributed by atoms with Crippen LogP contribution in [0.5, 0.6) is 0 Å². The van der Waals surface area contributed by atoms with Crippen LogP contribution >= 0.6 is 11.6 Å². The molecular weight excluding hydrogens is 360 g/mol. The van der Waals surface area contributed by atoms with Crippen molar-refractivity contribution in [2.45, 2.75) is 33.2 Å². The Morgan fingerprint density at radius 2 is 1.89 bits per heavy atom. The molecule has 0 radical (unpaired) electrons. The topological polar surface area (TPSA) is 45.5 Å². The Balaban J connectivity index is 2.16. The molecule has 0 aliphatic carbocycles. The van der Waals surface area contributed by atoms with Crippen LogP contribution < -0.4 is 4.90 Å². The average molecular weight is 383 g/mol. The van der Waals surface area contributed by atoms with E-state index in [0.717, 1.165) is 52.8 Å². The van der Waals surface area contributed by atoms with E-state index in [1.54, 1.807) is 0 Å². The van der Waals surface area contributed by atoms with Crippen LogP contribution in [0, 0.1) is 13.8 Å².